The average molecular weight is 271 g/mol. The van der Waals surface area contributed by atoms with Crippen LogP contribution in [0.1, 0.15) is 72.1 Å². The van der Waals surface area contributed by atoms with Gasteiger partial charge in [0, 0.05) is 13.1 Å². The number of rotatable bonds is 11. The number of hydrogen-bond acceptors (Lipinski definition) is 2. The van der Waals surface area contributed by atoms with E-state index in [1.165, 1.54) is 12.8 Å². The van der Waals surface area contributed by atoms with Crippen LogP contribution in [0.3, 0.4) is 0 Å². The fourth-order valence-electron chi connectivity index (χ4n) is 2.32. The number of aliphatic hydroxyl groups is 1. The largest absolute Gasteiger partial charge is 0.390 e. The van der Waals surface area contributed by atoms with E-state index in [1.807, 2.05) is 18.7 Å². The first-order valence-corrected chi connectivity index (χ1v) is 7.74. The van der Waals surface area contributed by atoms with Crippen molar-refractivity contribution in [2.24, 2.45) is 5.73 Å². The molecule has 0 aromatic heterocycles. The fourth-order valence-corrected chi connectivity index (χ4v) is 2.32. The van der Waals surface area contributed by atoms with E-state index >= 15 is 0 Å². The molecule has 1 unspecified atom stereocenters. The van der Waals surface area contributed by atoms with Gasteiger partial charge in [0.1, 0.15) is 0 Å². The molecule has 0 aromatic carbocycles. The van der Waals surface area contributed by atoms with E-state index in [1.54, 1.807) is 0 Å². The molecule has 0 aliphatic rings. The molecule has 1 atom stereocenters. The van der Waals surface area contributed by atoms with Gasteiger partial charge in [0.15, 0.2) is 5.96 Å². The quantitative estimate of drug-likeness (QED) is 0.307. The Morgan fingerprint density at radius 3 is 2.16 bits per heavy atom. The van der Waals surface area contributed by atoms with Gasteiger partial charge in [0.2, 0.25) is 0 Å². The molecule has 19 heavy (non-hydrogen) atoms. The van der Waals surface area contributed by atoms with Crippen molar-refractivity contribution < 1.29 is 5.11 Å². The molecule has 0 amide bonds. The van der Waals surface area contributed by atoms with Gasteiger partial charge in [-0.25, -0.2) is 0 Å². The van der Waals surface area contributed by atoms with Gasteiger partial charge in [0.25, 0.3) is 0 Å². The lowest BCUT2D eigenvalue weighted by Gasteiger charge is -2.24. The van der Waals surface area contributed by atoms with Crippen molar-refractivity contribution in [1.29, 1.82) is 5.41 Å². The first-order valence-electron chi connectivity index (χ1n) is 7.74. The molecule has 0 aliphatic heterocycles. The van der Waals surface area contributed by atoms with Crippen molar-refractivity contribution in [2.45, 2.75) is 77.7 Å². The van der Waals surface area contributed by atoms with Gasteiger partial charge in [-0.05, 0) is 33.1 Å². The Kier molecular flexibility index (Phi) is 9.66. The number of nitrogens with one attached hydrogen (secondary N) is 1. The van der Waals surface area contributed by atoms with E-state index in [0.717, 1.165) is 51.6 Å². The van der Waals surface area contributed by atoms with Crippen LogP contribution < -0.4 is 5.73 Å². The third-order valence-electron chi connectivity index (χ3n) is 3.68. The fraction of sp³-hybridized carbons (Fsp3) is 0.933. The molecule has 0 radical (unpaired) electrons. The van der Waals surface area contributed by atoms with Gasteiger partial charge in [-0.15, -0.1) is 0 Å². The van der Waals surface area contributed by atoms with Gasteiger partial charge in [-0.1, -0.05) is 39.0 Å². The second kappa shape index (κ2) is 10.1. The molecule has 4 N–H and O–H groups in total. The number of unbranched alkanes of at least 4 members (excludes halogenated alkanes) is 4. The summed E-state index contributed by atoms with van der Waals surface area (Å²) in [5.74, 6) is 0.161. The Hall–Kier alpha value is -0.770. The summed E-state index contributed by atoms with van der Waals surface area (Å²) in [5, 5.41) is 17.6. The van der Waals surface area contributed by atoms with Crippen LogP contribution in [0, 0.1) is 5.41 Å². The highest BCUT2D eigenvalue weighted by Crippen LogP contribution is 2.21. The normalized spacial score (nSPS) is 14.1. The SMILES string of the molecule is CCCCCC(C)(O)CCCCCN(CC)C(=N)N. The highest BCUT2D eigenvalue weighted by molar-refractivity contribution is 5.74. The molecule has 114 valence electrons. The van der Waals surface area contributed by atoms with Gasteiger partial charge < -0.3 is 15.7 Å². The molecular weight excluding hydrogens is 238 g/mol. The topological polar surface area (TPSA) is 73.3 Å². The van der Waals surface area contributed by atoms with Crippen LogP contribution in [0.25, 0.3) is 0 Å². The van der Waals surface area contributed by atoms with Crippen molar-refractivity contribution in [3.8, 4) is 0 Å². The maximum absolute atomic E-state index is 10.2. The molecule has 0 bridgehead atoms. The molecule has 0 aromatic rings. The van der Waals surface area contributed by atoms with Gasteiger partial charge in [-0.2, -0.15) is 0 Å². The number of nitrogens with two attached hydrogens (primary N) is 1. The summed E-state index contributed by atoms with van der Waals surface area (Å²) in [5.41, 5.74) is 4.97. The highest BCUT2D eigenvalue weighted by Gasteiger charge is 2.18. The highest BCUT2D eigenvalue weighted by atomic mass is 16.3. The van der Waals surface area contributed by atoms with E-state index in [-0.39, 0.29) is 5.96 Å². The Balaban J connectivity index is 3.64. The van der Waals surface area contributed by atoms with E-state index in [0.29, 0.717) is 0 Å². The van der Waals surface area contributed by atoms with Crippen molar-refractivity contribution in [3.05, 3.63) is 0 Å². The molecule has 0 rings (SSSR count). The minimum Gasteiger partial charge on any atom is -0.390 e. The zero-order valence-corrected chi connectivity index (χ0v) is 13.0. The van der Waals surface area contributed by atoms with Crippen LogP contribution in [0.2, 0.25) is 0 Å². The molecule has 4 nitrogen and oxygen atoms in total. The predicted octanol–water partition coefficient (Wildman–Crippen LogP) is 3.09. The Labute approximate surface area is 118 Å². The standard InChI is InChI=1S/C15H33N3O/c1-4-6-8-11-15(3,19)12-9-7-10-13-18(5-2)14(16)17/h19H,4-13H2,1-3H3,(H3,16,17). The number of hydrogen-bond donors (Lipinski definition) is 3. The van der Waals surface area contributed by atoms with E-state index in [2.05, 4.69) is 6.92 Å². The summed E-state index contributed by atoms with van der Waals surface area (Å²) in [6.45, 7) is 7.80. The Morgan fingerprint density at radius 2 is 1.68 bits per heavy atom. The van der Waals surface area contributed by atoms with E-state index in [9.17, 15) is 5.11 Å². The maximum atomic E-state index is 10.2. The third-order valence-corrected chi connectivity index (χ3v) is 3.68. The first-order chi connectivity index (χ1) is 8.93. The summed E-state index contributed by atoms with van der Waals surface area (Å²) in [6.07, 6.45) is 8.50. The lowest BCUT2D eigenvalue weighted by molar-refractivity contribution is 0.0367. The van der Waals surface area contributed by atoms with Gasteiger partial charge >= 0.3 is 0 Å². The average Bonchev–Trinajstić information content (AvgIpc) is 2.33. The summed E-state index contributed by atoms with van der Waals surface area (Å²) < 4.78 is 0. The van der Waals surface area contributed by atoms with Crippen molar-refractivity contribution in [1.82, 2.24) is 4.90 Å². The van der Waals surface area contributed by atoms with Gasteiger partial charge in [0.05, 0.1) is 5.60 Å². The number of nitrogens with zero attached hydrogens (tertiary/aromatic N) is 1. The summed E-state index contributed by atoms with van der Waals surface area (Å²) in [7, 11) is 0. The van der Waals surface area contributed by atoms with Crippen LogP contribution >= 0.6 is 0 Å². The number of guanidine groups is 1. The second-order valence-corrected chi connectivity index (χ2v) is 5.73. The Morgan fingerprint density at radius 1 is 1.11 bits per heavy atom. The molecule has 0 saturated carbocycles. The summed E-state index contributed by atoms with van der Waals surface area (Å²) in [6, 6.07) is 0. The van der Waals surface area contributed by atoms with Crippen LogP contribution in [0.5, 0.6) is 0 Å². The lowest BCUT2D eigenvalue weighted by atomic mass is 9.92. The first kappa shape index (κ1) is 18.2. The van der Waals surface area contributed by atoms with Crippen LogP contribution in [-0.4, -0.2) is 34.7 Å². The van der Waals surface area contributed by atoms with E-state index in [4.69, 9.17) is 11.1 Å². The smallest absolute Gasteiger partial charge is 0.188 e. The van der Waals surface area contributed by atoms with Gasteiger partial charge in [-0.3, -0.25) is 5.41 Å². The van der Waals surface area contributed by atoms with E-state index < -0.39 is 5.60 Å². The van der Waals surface area contributed by atoms with Crippen molar-refractivity contribution >= 4 is 5.96 Å². The van der Waals surface area contributed by atoms with Crippen molar-refractivity contribution in [2.75, 3.05) is 13.1 Å². The maximum Gasteiger partial charge on any atom is 0.188 e. The van der Waals surface area contributed by atoms with Crippen LogP contribution in [0.15, 0.2) is 0 Å². The Bertz CT molecular complexity index is 242. The molecular formula is C15H33N3O. The van der Waals surface area contributed by atoms with Crippen LogP contribution in [-0.2, 0) is 0 Å². The summed E-state index contributed by atoms with van der Waals surface area (Å²) >= 11 is 0. The zero-order chi connectivity index (χ0) is 14.7. The lowest BCUT2D eigenvalue weighted by Crippen LogP contribution is -2.36. The second-order valence-electron chi connectivity index (χ2n) is 5.73. The minimum atomic E-state index is -0.500. The minimum absolute atomic E-state index is 0.161. The molecule has 0 saturated heterocycles. The monoisotopic (exact) mass is 271 g/mol. The third kappa shape index (κ3) is 9.77. The molecule has 4 heteroatoms. The molecule has 0 heterocycles. The summed E-state index contributed by atoms with van der Waals surface area (Å²) in [4.78, 5) is 1.87. The molecule has 0 spiro atoms. The molecule has 0 fully saturated rings. The van der Waals surface area contributed by atoms with Crippen LogP contribution in [0.4, 0.5) is 0 Å². The zero-order valence-electron chi connectivity index (χ0n) is 13.0. The van der Waals surface area contributed by atoms with Crippen molar-refractivity contribution in [3.63, 3.8) is 0 Å². The predicted molar refractivity (Wildman–Crippen MR) is 82.4 cm³/mol. The molecule has 0 aliphatic carbocycles.